The zero-order valence-corrected chi connectivity index (χ0v) is 11.5. The third-order valence-electron chi connectivity index (χ3n) is 3.41. The lowest BCUT2D eigenvalue weighted by molar-refractivity contribution is -0.121. The summed E-state index contributed by atoms with van der Waals surface area (Å²) in [5.41, 5.74) is -0.000487. The molecule has 1 heterocycles. The van der Waals surface area contributed by atoms with Crippen molar-refractivity contribution in [1.29, 1.82) is 0 Å². The smallest absolute Gasteiger partial charge is 0.221 e. The molecule has 2 N–H and O–H groups in total. The maximum absolute atomic E-state index is 13.7. The number of rotatable bonds is 5. The second kappa shape index (κ2) is 6.65. The molecular formula is C14H19F2N3O. The van der Waals surface area contributed by atoms with Crippen molar-refractivity contribution in [3.05, 3.63) is 29.8 Å². The van der Waals surface area contributed by atoms with Gasteiger partial charge < -0.3 is 15.5 Å². The summed E-state index contributed by atoms with van der Waals surface area (Å²) in [4.78, 5) is 13.3. The third kappa shape index (κ3) is 3.45. The number of nitrogens with one attached hydrogen (secondary N) is 2. The van der Waals surface area contributed by atoms with E-state index < -0.39 is 11.6 Å². The number of benzene rings is 1. The topological polar surface area (TPSA) is 44.4 Å². The molecule has 1 amide bonds. The molecule has 1 unspecified atom stereocenters. The van der Waals surface area contributed by atoms with Crippen LogP contribution in [-0.4, -0.2) is 38.6 Å². The Bertz CT molecular complexity index is 461. The molecule has 0 radical (unpaired) electrons. The highest BCUT2D eigenvalue weighted by atomic mass is 19.1. The van der Waals surface area contributed by atoms with E-state index in [1.165, 1.54) is 18.2 Å². The quantitative estimate of drug-likeness (QED) is 0.855. The van der Waals surface area contributed by atoms with Crippen molar-refractivity contribution >= 4 is 11.6 Å². The lowest BCUT2D eigenvalue weighted by Gasteiger charge is -2.20. The largest absolute Gasteiger partial charge is 0.365 e. The van der Waals surface area contributed by atoms with Crippen molar-refractivity contribution in [1.82, 2.24) is 10.6 Å². The van der Waals surface area contributed by atoms with Crippen LogP contribution in [0.2, 0.25) is 0 Å². The van der Waals surface area contributed by atoms with Crippen LogP contribution in [0.4, 0.5) is 14.5 Å². The van der Waals surface area contributed by atoms with Gasteiger partial charge in [-0.05, 0) is 25.6 Å². The number of nitrogens with zero attached hydrogens (tertiary/aromatic N) is 1. The SMILES string of the molecule is CNCCC(=O)NC1CCN(c2c(F)cccc2F)C1. The summed E-state index contributed by atoms with van der Waals surface area (Å²) in [6, 6.07) is 3.79. The maximum Gasteiger partial charge on any atom is 0.221 e. The van der Waals surface area contributed by atoms with Gasteiger partial charge in [-0.3, -0.25) is 4.79 Å². The molecule has 1 atom stereocenters. The van der Waals surface area contributed by atoms with Gasteiger partial charge in [0.1, 0.15) is 17.3 Å². The summed E-state index contributed by atoms with van der Waals surface area (Å²) in [7, 11) is 1.78. The van der Waals surface area contributed by atoms with Gasteiger partial charge in [-0.25, -0.2) is 8.78 Å². The molecule has 0 saturated carbocycles. The van der Waals surface area contributed by atoms with Crippen molar-refractivity contribution in [2.24, 2.45) is 0 Å². The van der Waals surface area contributed by atoms with E-state index in [0.29, 0.717) is 32.5 Å². The van der Waals surface area contributed by atoms with Gasteiger partial charge in [0.2, 0.25) is 5.91 Å². The summed E-state index contributed by atoms with van der Waals surface area (Å²) >= 11 is 0. The monoisotopic (exact) mass is 283 g/mol. The summed E-state index contributed by atoms with van der Waals surface area (Å²) in [6.07, 6.45) is 1.10. The zero-order chi connectivity index (χ0) is 14.5. The lowest BCUT2D eigenvalue weighted by atomic mass is 10.2. The highest BCUT2D eigenvalue weighted by Gasteiger charge is 2.27. The van der Waals surface area contributed by atoms with E-state index in [9.17, 15) is 13.6 Å². The second-order valence-electron chi connectivity index (χ2n) is 4.92. The van der Waals surface area contributed by atoms with Crippen LogP contribution in [0.15, 0.2) is 18.2 Å². The fraction of sp³-hybridized carbons (Fsp3) is 0.500. The summed E-state index contributed by atoms with van der Waals surface area (Å²) in [5, 5.41) is 5.79. The fourth-order valence-corrected chi connectivity index (χ4v) is 2.41. The van der Waals surface area contributed by atoms with Crippen LogP contribution in [0, 0.1) is 11.6 Å². The number of halogens is 2. The van der Waals surface area contributed by atoms with Gasteiger partial charge in [-0.15, -0.1) is 0 Å². The Hall–Kier alpha value is -1.69. The van der Waals surface area contributed by atoms with E-state index in [4.69, 9.17) is 0 Å². The minimum Gasteiger partial charge on any atom is -0.365 e. The summed E-state index contributed by atoms with van der Waals surface area (Å²) < 4.78 is 27.4. The van der Waals surface area contributed by atoms with Gasteiger partial charge >= 0.3 is 0 Å². The van der Waals surface area contributed by atoms with Crippen LogP contribution in [0.1, 0.15) is 12.8 Å². The molecule has 20 heavy (non-hydrogen) atoms. The first-order chi connectivity index (χ1) is 9.61. The van der Waals surface area contributed by atoms with Crippen LogP contribution >= 0.6 is 0 Å². The lowest BCUT2D eigenvalue weighted by Crippen LogP contribution is -2.38. The Balaban J connectivity index is 1.94. The van der Waals surface area contributed by atoms with Crippen LogP contribution in [0.3, 0.4) is 0 Å². The van der Waals surface area contributed by atoms with Crippen molar-refractivity contribution in [2.75, 3.05) is 31.6 Å². The molecule has 1 aromatic carbocycles. The first kappa shape index (κ1) is 14.7. The molecule has 0 aliphatic carbocycles. The van der Waals surface area contributed by atoms with Crippen molar-refractivity contribution < 1.29 is 13.6 Å². The maximum atomic E-state index is 13.7. The van der Waals surface area contributed by atoms with Crippen molar-refractivity contribution in [3.63, 3.8) is 0 Å². The van der Waals surface area contributed by atoms with E-state index in [1.807, 2.05) is 0 Å². The molecule has 1 fully saturated rings. The van der Waals surface area contributed by atoms with E-state index in [2.05, 4.69) is 10.6 Å². The predicted octanol–water partition coefficient (Wildman–Crippen LogP) is 1.27. The van der Waals surface area contributed by atoms with E-state index >= 15 is 0 Å². The number of para-hydroxylation sites is 1. The minimum atomic E-state index is -0.563. The van der Waals surface area contributed by atoms with Crippen LogP contribution in [0.25, 0.3) is 0 Å². The Morgan fingerprint density at radius 1 is 1.40 bits per heavy atom. The molecule has 0 bridgehead atoms. The number of anilines is 1. The number of carbonyl (C=O) groups excluding carboxylic acids is 1. The van der Waals surface area contributed by atoms with Gasteiger partial charge in [-0.1, -0.05) is 6.07 Å². The molecule has 0 spiro atoms. The molecule has 6 heteroatoms. The van der Waals surface area contributed by atoms with Crippen LogP contribution in [0.5, 0.6) is 0 Å². The summed E-state index contributed by atoms with van der Waals surface area (Å²) in [5.74, 6) is -1.17. The molecule has 4 nitrogen and oxygen atoms in total. The van der Waals surface area contributed by atoms with Gasteiger partial charge in [-0.2, -0.15) is 0 Å². The molecule has 1 aliphatic heterocycles. The van der Waals surface area contributed by atoms with Gasteiger partial charge in [0, 0.05) is 32.1 Å². The molecule has 1 saturated heterocycles. The highest BCUT2D eigenvalue weighted by Crippen LogP contribution is 2.26. The Labute approximate surface area is 117 Å². The molecule has 1 aromatic rings. The highest BCUT2D eigenvalue weighted by molar-refractivity contribution is 5.76. The summed E-state index contributed by atoms with van der Waals surface area (Å²) in [6.45, 7) is 1.59. The average molecular weight is 283 g/mol. The van der Waals surface area contributed by atoms with Crippen molar-refractivity contribution in [2.45, 2.75) is 18.9 Å². The molecule has 0 aromatic heterocycles. The van der Waals surface area contributed by atoms with Crippen molar-refractivity contribution in [3.8, 4) is 0 Å². The molecule has 1 aliphatic rings. The van der Waals surface area contributed by atoms with Gasteiger partial charge in [0.25, 0.3) is 0 Å². The average Bonchev–Trinajstić information content (AvgIpc) is 2.84. The Kier molecular flexibility index (Phi) is 4.89. The molecule has 110 valence electrons. The number of carbonyl (C=O) groups is 1. The molecular weight excluding hydrogens is 264 g/mol. The van der Waals surface area contributed by atoms with E-state index in [0.717, 1.165) is 0 Å². The van der Waals surface area contributed by atoms with Crippen LogP contribution in [-0.2, 0) is 4.79 Å². The fourth-order valence-electron chi connectivity index (χ4n) is 2.41. The molecule has 2 rings (SSSR count). The Morgan fingerprint density at radius 3 is 2.75 bits per heavy atom. The van der Waals surface area contributed by atoms with Gasteiger partial charge in [0.15, 0.2) is 0 Å². The minimum absolute atomic E-state index is 0.000487. The van der Waals surface area contributed by atoms with Gasteiger partial charge in [0.05, 0.1) is 0 Å². The van der Waals surface area contributed by atoms with E-state index in [-0.39, 0.29) is 17.6 Å². The first-order valence-corrected chi connectivity index (χ1v) is 6.74. The predicted molar refractivity (Wildman–Crippen MR) is 73.7 cm³/mol. The number of hydrogen-bond acceptors (Lipinski definition) is 3. The van der Waals surface area contributed by atoms with Crippen LogP contribution < -0.4 is 15.5 Å². The Morgan fingerprint density at radius 2 is 2.10 bits per heavy atom. The number of amides is 1. The normalized spacial score (nSPS) is 18.4. The van der Waals surface area contributed by atoms with E-state index in [1.54, 1.807) is 11.9 Å². The first-order valence-electron chi connectivity index (χ1n) is 6.74. The number of hydrogen-bond donors (Lipinski definition) is 2. The third-order valence-corrected chi connectivity index (χ3v) is 3.41. The second-order valence-corrected chi connectivity index (χ2v) is 4.92. The standard InChI is InChI=1S/C14H19F2N3O/c1-17-7-5-13(20)18-10-6-8-19(9-10)14-11(15)3-2-4-12(14)16/h2-4,10,17H,5-9H2,1H3,(H,18,20). The zero-order valence-electron chi connectivity index (χ0n) is 11.5.